The summed E-state index contributed by atoms with van der Waals surface area (Å²) in [5, 5.41) is 14.5. The lowest BCUT2D eigenvalue weighted by Crippen LogP contribution is -2.39. The molecule has 0 aliphatic heterocycles. The first-order chi connectivity index (χ1) is 10.8. The summed E-state index contributed by atoms with van der Waals surface area (Å²) in [5.41, 5.74) is -0.0917. The maximum absolute atomic E-state index is 14.1. The Hall–Kier alpha value is -1.31. The largest absolute Gasteiger partial charge is 0.362 e. The van der Waals surface area contributed by atoms with Gasteiger partial charge in [0.2, 0.25) is 0 Å². The molecular weight excluding hydrogens is 403 g/mol. The fourth-order valence-corrected chi connectivity index (χ4v) is 2.97. The SMILES string of the molecule is CC(C)(CNC(=S)Nc1nnccc1Br)c1c(F)cccc1Cl. The summed E-state index contributed by atoms with van der Waals surface area (Å²) in [6.07, 6.45) is 1.56. The van der Waals surface area contributed by atoms with Crippen LogP contribution < -0.4 is 10.6 Å². The predicted molar refractivity (Wildman–Crippen MR) is 98.4 cm³/mol. The van der Waals surface area contributed by atoms with E-state index < -0.39 is 5.41 Å². The lowest BCUT2D eigenvalue weighted by molar-refractivity contribution is 0.477. The van der Waals surface area contributed by atoms with E-state index in [4.69, 9.17) is 23.8 Å². The van der Waals surface area contributed by atoms with Gasteiger partial charge in [-0.1, -0.05) is 31.5 Å². The van der Waals surface area contributed by atoms with Crippen LogP contribution in [0.25, 0.3) is 0 Å². The van der Waals surface area contributed by atoms with Crippen molar-refractivity contribution in [3.05, 3.63) is 51.3 Å². The van der Waals surface area contributed by atoms with E-state index in [-0.39, 0.29) is 5.82 Å². The highest BCUT2D eigenvalue weighted by Crippen LogP contribution is 2.31. The number of thiocarbonyl (C=S) groups is 1. The molecule has 2 rings (SSSR count). The smallest absolute Gasteiger partial charge is 0.172 e. The molecule has 0 aliphatic carbocycles. The van der Waals surface area contributed by atoms with Crippen molar-refractivity contribution in [2.24, 2.45) is 0 Å². The quantitative estimate of drug-likeness (QED) is 0.727. The topological polar surface area (TPSA) is 49.8 Å². The Morgan fingerprint density at radius 2 is 2.13 bits per heavy atom. The molecule has 2 aromatic rings. The van der Waals surface area contributed by atoms with Crippen LogP contribution >= 0.6 is 39.7 Å². The highest BCUT2D eigenvalue weighted by Gasteiger charge is 2.27. The lowest BCUT2D eigenvalue weighted by atomic mass is 9.84. The summed E-state index contributed by atoms with van der Waals surface area (Å²) < 4.78 is 14.8. The van der Waals surface area contributed by atoms with Crippen LogP contribution in [0.15, 0.2) is 34.9 Å². The molecule has 0 saturated heterocycles. The minimum absolute atomic E-state index is 0.333. The number of halogens is 3. The molecule has 0 aliphatic rings. The average Bonchev–Trinajstić information content (AvgIpc) is 2.47. The van der Waals surface area contributed by atoms with E-state index in [0.29, 0.717) is 28.1 Å². The van der Waals surface area contributed by atoms with Crippen molar-refractivity contribution in [1.29, 1.82) is 0 Å². The van der Waals surface area contributed by atoms with Crippen molar-refractivity contribution in [3.63, 3.8) is 0 Å². The Balaban J connectivity index is 2.04. The number of hydrogen-bond acceptors (Lipinski definition) is 3. The van der Waals surface area contributed by atoms with Gasteiger partial charge in [0.15, 0.2) is 10.9 Å². The van der Waals surface area contributed by atoms with Crippen molar-refractivity contribution in [1.82, 2.24) is 15.5 Å². The van der Waals surface area contributed by atoms with E-state index in [1.807, 2.05) is 13.8 Å². The molecule has 1 aromatic carbocycles. The second-order valence-electron chi connectivity index (χ2n) is 5.52. The number of rotatable bonds is 4. The summed E-state index contributed by atoms with van der Waals surface area (Å²) in [7, 11) is 0. The number of nitrogens with zero attached hydrogens (tertiary/aromatic N) is 2. The van der Waals surface area contributed by atoms with Crippen molar-refractivity contribution < 1.29 is 4.39 Å². The average molecular weight is 418 g/mol. The van der Waals surface area contributed by atoms with Gasteiger partial charge in [0.1, 0.15) is 5.82 Å². The summed E-state index contributed by atoms with van der Waals surface area (Å²) in [4.78, 5) is 0. The van der Waals surface area contributed by atoms with Crippen LogP contribution in [0.5, 0.6) is 0 Å². The molecule has 0 spiro atoms. The summed E-state index contributed by atoms with van der Waals surface area (Å²) in [6.45, 7) is 4.19. The molecule has 0 saturated carbocycles. The van der Waals surface area contributed by atoms with Gasteiger partial charge in [0.05, 0.1) is 10.7 Å². The van der Waals surface area contributed by atoms with Crippen LogP contribution in [0, 0.1) is 5.82 Å². The fraction of sp³-hybridized carbons (Fsp3) is 0.267. The summed E-state index contributed by atoms with van der Waals surface area (Å²) in [6, 6.07) is 6.41. The maximum Gasteiger partial charge on any atom is 0.172 e. The predicted octanol–water partition coefficient (Wildman–Crippen LogP) is 4.30. The molecular formula is C15H15BrClFN4S. The molecule has 23 heavy (non-hydrogen) atoms. The first-order valence-electron chi connectivity index (χ1n) is 6.78. The van der Waals surface area contributed by atoms with Crippen LogP contribution in [0.1, 0.15) is 19.4 Å². The van der Waals surface area contributed by atoms with Crippen LogP contribution in [-0.2, 0) is 5.41 Å². The van der Waals surface area contributed by atoms with Crippen LogP contribution in [0.3, 0.4) is 0 Å². The van der Waals surface area contributed by atoms with Crippen molar-refractivity contribution >= 4 is 50.7 Å². The van der Waals surface area contributed by atoms with Gasteiger partial charge < -0.3 is 10.6 Å². The van der Waals surface area contributed by atoms with E-state index >= 15 is 0 Å². The fourth-order valence-electron chi connectivity index (χ4n) is 2.09. The van der Waals surface area contributed by atoms with Crippen LogP contribution in [-0.4, -0.2) is 21.9 Å². The van der Waals surface area contributed by atoms with Crippen molar-refractivity contribution in [2.45, 2.75) is 19.3 Å². The minimum atomic E-state index is -0.548. The first-order valence-corrected chi connectivity index (χ1v) is 8.36. The van der Waals surface area contributed by atoms with Gasteiger partial charge in [-0.25, -0.2) is 4.39 Å². The zero-order chi connectivity index (χ0) is 17.0. The highest BCUT2D eigenvalue weighted by molar-refractivity contribution is 9.10. The Kier molecular flexibility index (Phi) is 5.89. The molecule has 1 heterocycles. The van der Waals surface area contributed by atoms with Gasteiger partial charge in [0.25, 0.3) is 0 Å². The molecule has 0 radical (unpaired) electrons. The van der Waals surface area contributed by atoms with Crippen molar-refractivity contribution in [3.8, 4) is 0 Å². The monoisotopic (exact) mass is 416 g/mol. The third-order valence-electron chi connectivity index (χ3n) is 3.23. The van der Waals surface area contributed by atoms with Gasteiger partial charge in [-0.05, 0) is 46.3 Å². The van der Waals surface area contributed by atoms with Crippen LogP contribution in [0.4, 0.5) is 10.2 Å². The molecule has 1 aromatic heterocycles. The van der Waals surface area contributed by atoms with Crippen molar-refractivity contribution in [2.75, 3.05) is 11.9 Å². The molecule has 122 valence electrons. The molecule has 0 atom stereocenters. The number of benzene rings is 1. The molecule has 0 unspecified atom stereocenters. The molecule has 0 bridgehead atoms. The summed E-state index contributed by atoms with van der Waals surface area (Å²) >= 11 is 14.7. The van der Waals surface area contributed by atoms with Gasteiger partial charge in [0, 0.05) is 22.5 Å². The van der Waals surface area contributed by atoms with E-state index in [0.717, 1.165) is 4.47 Å². The molecule has 2 N–H and O–H groups in total. The number of nitrogens with one attached hydrogen (secondary N) is 2. The number of aromatic nitrogens is 2. The van der Waals surface area contributed by atoms with E-state index in [2.05, 4.69) is 36.8 Å². The molecule has 0 amide bonds. The van der Waals surface area contributed by atoms with E-state index in [1.54, 1.807) is 24.4 Å². The normalized spacial score (nSPS) is 11.2. The molecule has 4 nitrogen and oxygen atoms in total. The first kappa shape index (κ1) is 18.0. The Labute approximate surface area is 153 Å². The third-order valence-corrected chi connectivity index (χ3v) is 4.44. The lowest BCUT2D eigenvalue weighted by Gasteiger charge is -2.27. The van der Waals surface area contributed by atoms with E-state index in [9.17, 15) is 4.39 Å². The summed E-state index contributed by atoms with van der Waals surface area (Å²) in [5.74, 6) is 0.173. The minimum Gasteiger partial charge on any atom is -0.362 e. The molecule has 0 fully saturated rings. The Bertz CT molecular complexity index is 706. The van der Waals surface area contributed by atoms with Gasteiger partial charge in [-0.2, -0.15) is 5.10 Å². The van der Waals surface area contributed by atoms with Gasteiger partial charge in [-0.15, -0.1) is 5.10 Å². The third kappa shape index (κ3) is 4.59. The Morgan fingerprint density at radius 3 is 2.78 bits per heavy atom. The number of hydrogen-bond donors (Lipinski definition) is 2. The van der Waals surface area contributed by atoms with E-state index in [1.165, 1.54) is 6.07 Å². The second kappa shape index (κ2) is 7.51. The highest BCUT2D eigenvalue weighted by atomic mass is 79.9. The second-order valence-corrected chi connectivity index (χ2v) is 7.19. The van der Waals surface area contributed by atoms with Gasteiger partial charge >= 0.3 is 0 Å². The van der Waals surface area contributed by atoms with Gasteiger partial charge in [-0.3, -0.25) is 0 Å². The standard InChI is InChI=1S/C15H15BrClFN4S/c1-15(2,12-10(17)4-3-5-11(12)18)8-19-14(23)21-13-9(16)6-7-20-22-13/h3-7H,8H2,1-2H3,(H2,19,21,22,23). The van der Waals surface area contributed by atoms with Crippen LogP contribution in [0.2, 0.25) is 5.02 Å². The zero-order valence-corrected chi connectivity index (χ0v) is 15.7. The number of anilines is 1. The maximum atomic E-state index is 14.1. The molecule has 8 heteroatoms. The zero-order valence-electron chi connectivity index (χ0n) is 12.5. The Morgan fingerprint density at radius 1 is 1.39 bits per heavy atom.